The first kappa shape index (κ1) is 13.8. The van der Waals surface area contributed by atoms with E-state index in [0.29, 0.717) is 12.5 Å². The van der Waals surface area contributed by atoms with Crippen LogP contribution < -0.4 is 11.3 Å². The lowest BCUT2D eigenvalue weighted by atomic mass is 10.1. The van der Waals surface area contributed by atoms with Crippen LogP contribution in [0.1, 0.15) is 44.5 Å². The number of fused-ring (bicyclic) bond motifs is 1. The van der Waals surface area contributed by atoms with Gasteiger partial charge in [0.05, 0.1) is 5.69 Å². The standard InChI is InChI=1S/C14H22N4O/c1-4-17-11(6-5-7-15)8-14(19)18-13(17)9-12(16-18)10(2)3/h8-10H,4-7,15H2,1-3H3. The summed E-state index contributed by atoms with van der Waals surface area (Å²) in [5, 5.41) is 4.40. The first-order chi connectivity index (χ1) is 9.08. The van der Waals surface area contributed by atoms with Crippen molar-refractivity contribution in [1.82, 2.24) is 14.2 Å². The molecule has 0 saturated heterocycles. The summed E-state index contributed by atoms with van der Waals surface area (Å²) >= 11 is 0. The molecule has 2 N–H and O–H groups in total. The van der Waals surface area contributed by atoms with Gasteiger partial charge < -0.3 is 10.3 Å². The van der Waals surface area contributed by atoms with Crippen molar-refractivity contribution < 1.29 is 0 Å². The van der Waals surface area contributed by atoms with Crippen LogP contribution in [0.15, 0.2) is 16.9 Å². The second kappa shape index (κ2) is 5.57. The number of aromatic nitrogens is 3. The molecule has 0 aliphatic rings. The summed E-state index contributed by atoms with van der Waals surface area (Å²) in [5.41, 5.74) is 8.38. The largest absolute Gasteiger partial charge is 0.330 e. The first-order valence-electron chi connectivity index (χ1n) is 6.91. The van der Waals surface area contributed by atoms with E-state index in [1.54, 1.807) is 6.07 Å². The van der Waals surface area contributed by atoms with Crippen LogP contribution >= 0.6 is 0 Å². The Morgan fingerprint density at radius 1 is 1.37 bits per heavy atom. The number of nitrogens with zero attached hydrogens (tertiary/aromatic N) is 3. The maximum absolute atomic E-state index is 12.1. The summed E-state index contributed by atoms with van der Waals surface area (Å²) < 4.78 is 3.65. The molecule has 5 heteroatoms. The molecule has 0 fully saturated rings. The summed E-state index contributed by atoms with van der Waals surface area (Å²) in [7, 11) is 0. The molecule has 2 aromatic rings. The maximum atomic E-state index is 12.1. The average molecular weight is 262 g/mol. The SMILES string of the molecule is CCn1c(CCCN)cc(=O)n2nc(C(C)C)cc12. The van der Waals surface area contributed by atoms with E-state index in [9.17, 15) is 4.79 Å². The Balaban J connectivity index is 2.63. The zero-order chi connectivity index (χ0) is 14.0. The van der Waals surface area contributed by atoms with Crippen LogP contribution in [-0.4, -0.2) is 20.7 Å². The molecule has 0 unspecified atom stereocenters. The average Bonchev–Trinajstić information content (AvgIpc) is 2.82. The van der Waals surface area contributed by atoms with Crippen LogP contribution in [0.2, 0.25) is 0 Å². The molecule has 0 aliphatic heterocycles. The van der Waals surface area contributed by atoms with Crippen LogP contribution in [0.3, 0.4) is 0 Å². The second-order valence-electron chi connectivity index (χ2n) is 5.10. The molecule has 0 aromatic carbocycles. The monoisotopic (exact) mass is 262 g/mol. The van der Waals surface area contributed by atoms with Gasteiger partial charge in [-0.2, -0.15) is 9.61 Å². The van der Waals surface area contributed by atoms with Crippen LogP contribution in [0.25, 0.3) is 5.65 Å². The van der Waals surface area contributed by atoms with E-state index in [1.165, 1.54) is 4.52 Å². The summed E-state index contributed by atoms with van der Waals surface area (Å²) in [6.07, 6.45) is 1.72. The Morgan fingerprint density at radius 3 is 2.68 bits per heavy atom. The summed E-state index contributed by atoms with van der Waals surface area (Å²) in [5.74, 6) is 0.317. The van der Waals surface area contributed by atoms with Crippen molar-refractivity contribution in [3.63, 3.8) is 0 Å². The Bertz CT molecular complexity index is 624. The molecule has 0 aliphatic carbocycles. The molecule has 0 bridgehead atoms. The predicted molar refractivity (Wildman–Crippen MR) is 76.6 cm³/mol. The Hall–Kier alpha value is -1.62. The van der Waals surface area contributed by atoms with E-state index >= 15 is 0 Å². The maximum Gasteiger partial charge on any atom is 0.274 e. The van der Waals surface area contributed by atoms with Crippen LogP contribution in [0, 0.1) is 0 Å². The molecule has 2 aromatic heterocycles. The number of hydrogen-bond acceptors (Lipinski definition) is 3. The highest BCUT2D eigenvalue weighted by Gasteiger charge is 2.12. The molecular formula is C14H22N4O. The van der Waals surface area contributed by atoms with Gasteiger partial charge in [0.2, 0.25) is 0 Å². The zero-order valence-corrected chi connectivity index (χ0v) is 11.9. The fraction of sp³-hybridized carbons (Fsp3) is 0.571. The fourth-order valence-corrected chi connectivity index (χ4v) is 2.31. The van der Waals surface area contributed by atoms with Gasteiger partial charge in [-0.1, -0.05) is 13.8 Å². The van der Waals surface area contributed by atoms with Gasteiger partial charge in [-0.05, 0) is 32.2 Å². The Morgan fingerprint density at radius 2 is 2.11 bits per heavy atom. The van der Waals surface area contributed by atoms with Crippen molar-refractivity contribution >= 4 is 5.65 Å². The van der Waals surface area contributed by atoms with Crippen molar-refractivity contribution in [2.75, 3.05) is 6.54 Å². The van der Waals surface area contributed by atoms with Crippen LogP contribution in [0.5, 0.6) is 0 Å². The van der Waals surface area contributed by atoms with E-state index in [-0.39, 0.29) is 5.56 Å². The zero-order valence-electron chi connectivity index (χ0n) is 11.9. The van der Waals surface area contributed by atoms with Gasteiger partial charge in [0.15, 0.2) is 0 Å². The van der Waals surface area contributed by atoms with Gasteiger partial charge in [-0.3, -0.25) is 4.79 Å². The fourth-order valence-electron chi connectivity index (χ4n) is 2.31. The highest BCUT2D eigenvalue weighted by atomic mass is 16.1. The van der Waals surface area contributed by atoms with Gasteiger partial charge >= 0.3 is 0 Å². The minimum absolute atomic E-state index is 0.0568. The minimum Gasteiger partial charge on any atom is -0.330 e. The summed E-state index contributed by atoms with van der Waals surface area (Å²) in [6.45, 7) is 7.71. The number of hydrogen-bond donors (Lipinski definition) is 1. The molecule has 0 radical (unpaired) electrons. The van der Waals surface area contributed by atoms with Gasteiger partial charge in [0.1, 0.15) is 5.65 Å². The third-order valence-corrected chi connectivity index (χ3v) is 3.38. The number of rotatable bonds is 5. The smallest absolute Gasteiger partial charge is 0.274 e. The molecule has 5 nitrogen and oxygen atoms in total. The molecule has 104 valence electrons. The summed E-state index contributed by atoms with van der Waals surface area (Å²) in [4.78, 5) is 12.1. The molecule has 19 heavy (non-hydrogen) atoms. The molecule has 0 spiro atoms. The van der Waals surface area contributed by atoms with Crippen LogP contribution in [0.4, 0.5) is 0 Å². The van der Waals surface area contributed by atoms with E-state index in [1.807, 2.05) is 6.07 Å². The van der Waals surface area contributed by atoms with E-state index in [0.717, 1.165) is 36.4 Å². The number of aryl methyl sites for hydroxylation is 2. The molecule has 0 saturated carbocycles. The second-order valence-corrected chi connectivity index (χ2v) is 5.10. The minimum atomic E-state index is -0.0568. The molecular weight excluding hydrogens is 240 g/mol. The van der Waals surface area contributed by atoms with Gasteiger partial charge in [-0.15, -0.1) is 0 Å². The van der Waals surface area contributed by atoms with Gasteiger partial charge in [0.25, 0.3) is 5.56 Å². The quantitative estimate of drug-likeness (QED) is 0.888. The normalized spacial score (nSPS) is 11.6. The van der Waals surface area contributed by atoms with Crippen molar-refractivity contribution in [1.29, 1.82) is 0 Å². The van der Waals surface area contributed by atoms with Crippen LogP contribution in [-0.2, 0) is 13.0 Å². The number of nitrogens with two attached hydrogens (primary N) is 1. The van der Waals surface area contributed by atoms with E-state index in [2.05, 4.69) is 30.4 Å². The Kier molecular flexibility index (Phi) is 4.04. The first-order valence-corrected chi connectivity index (χ1v) is 6.91. The molecule has 2 heterocycles. The highest BCUT2D eigenvalue weighted by molar-refractivity contribution is 5.42. The van der Waals surface area contributed by atoms with E-state index in [4.69, 9.17) is 5.73 Å². The van der Waals surface area contributed by atoms with Gasteiger partial charge in [0, 0.05) is 24.4 Å². The topological polar surface area (TPSA) is 65.3 Å². The van der Waals surface area contributed by atoms with Crippen molar-refractivity contribution in [2.45, 2.75) is 46.1 Å². The summed E-state index contributed by atoms with van der Waals surface area (Å²) in [6, 6.07) is 3.70. The third-order valence-electron chi connectivity index (χ3n) is 3.38. The predicted octanol–water partition coefficient (Wildman–Crippen LogP) is 1.53. The van der Waals surface area contributed by atoms with Gasteiger partial charge in [-0.25, -0.2) is 0 Å². The lowest BCUT2D eigenvalue weighted by molar-refractivity contribution is 0.666. The molecule has 2 rings (SSSR count). The highest BCUT2D eigenvalue weighted by Crippen LogP contribution is 2.16. The third kappa shape index (κ3) is 2.56. The molecule has 0 atom stereocenters. The van der Waals surface area contributed by atoms with Crippen molar-refractivity contribution in [2.24, 2.45) is 5.73 Å². The van der Waals surface area contributed by atoms with Crippen molar-refractivity contribution in [3.05, 3.63) is 33.9 Å². The lowest BCUT2D eigenvalue weighted by Gasteiger charge is -2.12. The van der Waals surface area contributed by atoms with E-state index < -0.39 is 0 Å². The molecule has 0 amide bonds. The van der Waals surface area contributed by atoms with Crippen molar-refractivity contribution in [3.8, 4) is 0 Å². The lowest BCUT2D eigenvalue weighted by Crippen LogP contribution is -2.21. The Labute approximate surface area is 113 Å².